The van der Waals surface area contributed by atoms with E-state index in [0.29, 0.717) is 6.42 Å². The van der Waals surface area contributed by atoms with Gasteiger partial charge in [-0.3, -0.25) is 4.79 Å². The summed E-state index contributed by atoms with van der Waals surface area (Å²) in [6, 6.07) is 0. The smallest absolute Gasteiger partial charge is 0.305 e. The maximum Gasteiger partial charge on any atom is 0.305 e. The van der Waals surface area contributed by atoms with Crippen LogP contribution in [0.5, 0.6) is 0 Å². The highest BCUT2D eigenvalue weighted by atomic mass is 16.5. The molecular formula is C32H63NO2. The Morgan fingerprint density at radius 1 is 0.657 bits per heavy atom. The van der Waals surface area contributed by atoms with Gasteiger partial charge in [0.25, 0.3) is 0 Å². The summed E-state index contributed by atoms with van der Waals surface area (Å²) in [6.45, 7) is 3.57. The summed E-state index contributed by atoms with van der Waals surface area (Å²) < 4.78 is 4.67. The van der Waals surface area contributed by atoms with Crippen LogP contribution in [0.25, 0.3) is 0 Å². The Morgan fingerprint density at radius 3 is 1.60 bits per heavy atom. The van der Waals surface area contributed by atoms with Gasteiger partial charge in [-0.05, 0) is 65.1 Å². The van der Waals surface area contributed by atoms with Crippen molar-refractivity contribution in [2.24, 2.45) is 5.92 Å². The number of carbonyl (C=O) groups excluding carboxylic acids is 1. The maximum absolute atomic E-state index is 11.0. The molecule has 0 aliphatic rings. The second-order valence-electron chi connectivity index (χ2n) is 11.1. The Balaban J connectivity index is 3.45. The average molecular weight is 494 g/mol. The summed E-state index contributed by atoms with van der Waals surface area (Å²) >= 11 is 0. The minimum Gasteiger partial charge on any atom is -0.469 e. The van der Waals surface area contributed by atoms with Crippen molar-refractivity contribution in [3.63, 3.8) is 0 Å². The zero-order chi connectivity index (χ0) is 25.8. The van der Waals surface area contributed by atoms with Crippen LogP contribution in [0.15, 0.2) is 12.2 Å². The number of methoxy groups -OCH3 is 1. The summed E-state index contributed by atoms with van der Waals surface area (Å²) in [5, 5.41) is 0. The summed E-state index contributed by atoms with van der Waals surface area (Å²) in [5.41, 5.74) is 0. The lowest BCUT2D eigenvalue weighted by atomic mass is 9.91. The first-order chi connectivity index (χ1) is 17.1. The lowest BCUT2D eigenvalue weighted by Crippen LogP contribution is -2.17. The Labute approximate surface area is 220 Å². The SMILES string of the molecule is CCCCCCC(CCCCCCCCCCC=CCCCCCCCC(=O)OC)CCN(C)C. The molecule has 35 heavy (non-hydrogen) atoms. The molecule has 1 atom stereocenters. The van der Waals surface area contributed by atoms with Gasteiger partial charge in [0, 0.05) is 6.42 Å². The Kier molecular flexibility index (Phi) is 27.1. The number of hydrogen-bond acceptors (Lipinski definition) is 3. The molecule has 1 unspecified atom stereocenters. The number of ether oxygens (including phenoxy) is 1. The molecule has 208 valence electrons. The van der Waals surface area contributed by atoms with E-state index in [9.17, 15) is 4.79 Å². The van der Waals surface area contributed by atoms with E-state index in [-0.39, 0.29) is 5.97 Å². The third-order valence-corrected chi connectivity index (χ3v) is 7.33. The van der Waals surface area contributed by atoms with Crippen molar-refractivity contribution < 1.29 is 9.53 Å². The highest BCUT2D eigenvalue weighted by molar-refractivity contribution is 5.68. The number of unbranched alkanes of at least 4 members (excludes halogenated alkanes) is 16. The molecule has 0 fully saturated rings. The van der Waals surface area contributed by atoms with E-state index >= 15 is 0 Å². The van der Waals surface area contributed by atoms with Crippen molar-refractivity contribution in [2.75, 3.05) is 27.7 Å². The number of esters is 1. The van der Waals surface area contributed by atoms with Crippen molar-refractivity contribution in [3.8, 4) is 0 Å². The van der Waals surface area contributed by atoms with Crippen molar-refractivity contribution in [3.05, 3.63) is 12.2 Å². The molecule has 0 saturated carbocycles. The average Bonchev–Trinajstić information content (AvgIpc) is 2.85. The van der Waals surface area contributed by atoms with Gasteiger partial charge in [-0.15, -0.1) is 0 Å². The van der Waals surface area contributed by atoms with E-state index in [2.05, 4.69) is 42.8 Å². The fourth-order valence-electron chi connectivity index (χ4n) is 4.89. The van der Waals surface area contributed by atoms with Crippen LogP contribution in [0.4, 0.5) is 0 Å². The van der Waals surface area contributed by atoms with Crippen LogP contribution in [0.3, 0.4) is 0 Å². The maximum atomic E-state index is 11.0. The van der Waals surface area contributed by atoms with Crippen molar-refractivity contribution in [1.82, 2.24) is 4.90 Å². The highest BCUT2D eigenvalue weighted by Crippen LogP contribution is 2.22. The Bertz CT molecular complexity index is 460. The lowest BCUT2D eigenvalue weighted by molar-refractivity contribution is -0.140. The second-order valence-corrected chi connectivity index (χ2v) is 11.1. The molecule has 0 aromatic heterocycles. The number of allylic oxidation sites excluding steroid dienone is 2. The number of nitrogens with zero attached hydrogens (tertiary/aromatic N) is 1. The summed E-state index contributed by atoms with van der Waals surface area (Å²) in [7, 11) is 5.90. The largest absolute Gasteiger partial charge is 0.469 e. The standard InChI is InChI=1S/C32H63NO2/c1-5-6-7-23-26-31(29-30-33(2)3)27-24-21-19-17-15-13-11-9-8-10-12-14-16-18-20-22-25-28-32(34)35-4/h10,12,31H,5-9,11,13-30H2,1-4H3. The minimum absolute atomic E-state index is 0.0731. The molecular weight excluding hydrogens is 430 g/mol. The van der Waals surface area contributed by atoms with Crippen LogP contribution in [-0.2, 0) is 9.53 Å². The van der Waals surface area contributed by atoms with E-state index in [4.69, 9.17) is 0 Å². The molecule has 3 heteroatoms. The van der Waals surface area contributed by atoms with Crippen LogP contribution >= 0.6 is 0 Å². The third-order valence-electron chi connectivity index (χ3n) is 7.33. The minimum atomic E-state index is -0.0731. The van der Waals surface area contributed by atoms with E-state index in [1.54, 1.807) is 0 Å². The summed E-state index contributed by atoms with van der Waals surface area (Å²) in [6.07, 6.45) is 35.1. The van der Waals surface area contributed by atoms with E-state index in [1.807, 2.05) is 0 Å². The second kappa shape index (κ2) is 27.8. The van der Waals surface area contributed by atoms with Gasteiger partial charge < -0.3 is 9.64 Å². The topological polar surface area (TPSA) is 29.5 Å². The normalized spacial score (nSPS) is 12.6. The van der Waals surface area contributed by atoms with Crippen molar-refractivity contribution in [2.45, 2.75) is 155 Å². The van der Waals surface area contributed by atoms with E-state index in [0.717, 1.165) is 18.8 Å². The van der Waals surface area contributed by atoms with Gasteiger partial charge in [0.1, 0.15) is 0 Å². The van der Waals surface area contributed by atoms with Crippen LogP contribution < -0.4 is 0 Å². The van der Waals surface area contributed by atoms with Gasteiger partial charge in [0.15, 0.2) is 0 Å². The predicted molar refractivity (Wildman–Crippen MR) is 155 cm³/mol. The molecule has 0 bridgehead atoms. The van der Waals surface area contributed by atoms with Crippen LogP contribution in [0.1, 0.15) is 155 Å². The molecule has 0 N–H and O–H groups in total. The molecule has 0 aliphatic heterocycles. The van der Waals surface area contributed by atoms with Crippen LogP contribution in [0, 0.1) is 5.92 Å². The zero-order valence-electron chi connectivity index (χ0n) is 24.5. The third kappa shape index (κ3) is 27.6. The number of hydrogen-bond donors (Lipinski definition) is 0. The van der Waals surface area contributed by atoms with Crippen LogP contribution in [-0.4, -0.2) is 38.6 Å². The number of carbonyl (C=O) groups is 1. The van der Waals surface area contributed by atoms with Gasteiger partial charge in [-0.2, -0.15) is 0 Å². The first kappa shape index (κ1) is 34.2. The highest BCUT2D eigenvalue weighted by Gasteiger charge is 2.09. The quantitative estimate of drug-likeness (QED) is 0.0647. The molecule has 0 amide bonds. The molecule has 0 radical (unpaired) electrons. The molecule has 0 heterocycles. The summed E-state index contributed by atoms with van der Waals surface area (Å²) in [4.78, 5) is 13.4. The van der Waals surface area contributed by atoms with Crippen molar-refractivity contribution >= 4 is 5.97 Å². The zero-order valence-corrected chi connectivity index (χ0v) is 24.5. The van der Waals surface area contributed by atoms with Gasteiger partial charge in [0.05, 0.1) is 7.11 Å². The Morgan fingerprint density at radius 2 is 1.11 bits per heavy atom. The van der Waals surface area contributed by atoms with Crippen molar-refractivity contribution in [1.29, 1.82) is 0 Å². The molecule has 0 rings (SSSR count). The molecule has 0 saturated heterocycles. The van der Waals surface area contributed by atoms with Crippen LogP contribution in [0.2, 0.25) is 0 Å². The van der Waals surface area contributed by atoms with E-state index in [1.165, 1.54) is 142 Å². The molecule has 0 aromatic rings. The fraction of sp³-hybridized carbons (Fsp3) is 0.906. The number of rotatable bonds is 27. The van der Waals surface area contributed by atoms with Gasteiger partial charge >= 0.3 is 5.97 Å². The molecule has 0 aromatic carbocycles. The van der Waals surface area contributed by atoms with Gasteiger partial charge in [-0.25, -0.2) is 0 Å². The molecule has 0 spiro atoms. The van der Waals surface area contributed by atoms with Gasteiger partial charge in [-0.1, -0.05) is 122 Å². The first-order valence-corrected chi connectivity index (χ1v) is 15.5. The first-order valence-electron chi connectivity index (χ1n) is 15.5. The lowest BCUT2D eigenvalue weighted by Gasteiger charge is -2.19. The molecule has 3 nitrogen and oxygen atoms in total. The monoisotopic (exact) mass is 493 g/mol. The summed E-state index contributed by atoms with van der Waals surface area (Å²) in [5.74, 6) is 0.886. The molecule has 0 aliphatic carbocycles. The van der Waals surface area contributed by atoms with E-state index < -0.39 is 0 Å². The fourth-order valence-corrected chi connectivity index (χ4v) is 4.89. The Hall–Kier alpha value is -0.830. The predicted octanol–water partition coefficient (Wildman–Crippen LogP) is 9.89. The van der Waals surface area contributed by atoms with Gasteiger partial charge in [0.2, 0.25) is 0 Å².